The van der Waals surface area contributed by atoms with E-state index in [9.17, 15) is 0 Å². The van der Waals surface area contributed by atoms with E-state index in [-0.39, 0.29) is 6.04 Å². The van der Waals surface area contributed by atoms with E-state index < -0.39 is 0 Å². The molecule has 0 aliphatic carbocycles. The Morgan fingerprint density at radius 3 is 2.40 bits per heavy atom. The van der Waals surface area contributed by atoms with Crippen LogP contribution in [0.15, 0.2) is 0 Å². The van der Waals surface area contributed by atoms with E-state index in [1.165, 1.54) is 32.5 Å². The SMILES string of the molecule is C#CC(C)NC1CCN(CC(C)C)CC1. The standard InChI is InChI=1S/C13H24N2/c1-5-12(4)14-13-6-8-15(9-7-13)10-11(2)3/h1,11-14H,6-10H2,2-4H3. The largest absolute Gasteiger partial charge is 0.303 e. The summed E-state index contributed by atoms with van der Waals surface area (Å²) in [5.41, 5.74) is 0. The number of nitrogens with zero attached hydrogens (tertiary/aromatic N) is 1. The Morgan fingerprint density at radius 1 is 1.33 bits per heavy atom. The Bertz CT molecular complexity index is 209. The Hall–Kier alpha value is -0.520. The van der Waals surface area contributed by atoms with Crippen molar-refractivity contribution in [3.05, 3.63) is 0 Å². The quantitative estimate of drug-likeness (QED) is 0.708. The van der Waals surface area contributed by atoms with Crippen LogP contribution in [0.25, 0.3) is 0 Å². The maximum Gasteiger partial charge on any atom is 0.0660 e. The zero-order chi connectivity index (χ0) is 11.3. The number of rotatable bonds is 4. The topological polar surface area (TPSA) is 15.3 Å². The normalized spacial score (nSPS) is 21.5. The highest BCUT2D eigenvalue weighted by atomic mass is 15.1. The second-order valence-electron chi connectivity index (χ2n) is 5.02. The molecule has 1 saturated heterocycles. The number of hydrogen-bond donors (Lipinski definition) is 1. The lowest BCUT2D eigenvalue weighted by Gasteiger charge is -2.34. The summed E-state index contributed by atoms with van der Waals surface area (Å²) in [6.45, 7) is 10.3. The van der Waals surface area contributed by atoms with Gasteiger partial charge in [0.15, 0.2) is 0 Å². The van der Waals surface area contributed by atoms with E-state index >= 15 is 0 Å². The molecule has 1 atom stereocenters. The molecule has 1 unspecified atom stereocenters. The van der Waals surface area contributed by atoms with Crippen LogP contribution in [0.3, 0.4) is 0 Å². The third kappa shape index (κ3) is 4.68. The first-order valence-corrected chi connectivity index (χ1v) is 6.06. The van der Waals surface area contributed by atoms with Crippen LogP contribution < -0.4 is 5.32 Å². The van der Waals surface area contributed by atoms with Crippen molar-refractivity contribution >= 4 is 0 Å². The van der Waals surface area contributed by atoms with Crippen LogP contribution in [-0.4, -0.2) is 36.6 Å². The van der Waals surface area contributed by atoms with E-state index in [4.69, 9.17) is 6.42 Å². The van der Waals surface area contributed by atoms with Gasteiger partial charge in [0, 0.05) is 12.6 Å². The van der Waals surface area contributed by atoms with E-state index in [1.54, 1.807) is 0 Å². The van der Waals surface area contributed by atoms with Crippen molar-refractivity contribution in [1.29, 1.82) is 0 Å². The Kier molecular flexibility index (Phi) is 5.14. The predicted octanol–water partition coefficient (Wildman–Crippen LogP) is 1.72. The van der Waals surface area contributed by atoms with Gasteiger partial charge < -0.3 is 10.2 Å². The summed E-state index contributed by atoms with van der Waals surface area (Å²) in [5.74, 6) is 3.51. The van der Waals surface area contributed by atoms with Crippen molar-refractivity contribution in [3.63, 3.8) is 0 Å². The lowest BCUT2D eigenvalue weighted by molar-refractivity contribution is 0.178. The molecule has 0 aromatic heterocycles. The zero-order valence-corrected chi connectivity index (χ0v) is 10.3. The van der Waals surface area contributed by atoms with Crippen molar-refractivity contribution < 1.29 is 0 Å². The molecule has 1 N–H and O–H groups in total. The first-order valence-electron chi connectivity index (χ1n) is 6.06. The number of nitrogens with one attached hydrogen (secondary N) is 1. The molecule has 0 amide bonds. The van der Waals surface area contributed by atoms with Crippen LogP contribution in [0, 0.1) is 18.3 Å². The average Bonchev–Trinajstić information content (AvgIpc) is 2.20. The molecule has 0 bridgehead atoms. The monoisotopic (exact) mass is 208 g/mol. The molecule has 0 saturated carbocycles. The summed E-state index contributed by atoms with van der Waals surface area (Å²) in [6.07, 6.45) is 7.83. The fourth-order valence-corrected chi connectivity index (χ4v) is 2.20. The van der Waals surface area contributed by atoms with Gasteiger partial charge in [0.05, 0.1) is 6.04 Å². The Labute approximate surface area is 94.4 Å². The van der Waals surface area contributed by atoms with Gasteiger partial charge in [0.1, 0.15) is 0 Å². The van der Waals surface area contributed by atoms with Crippen molar-refractivity contribution in [2.45, 2.75) is 45.7 Å². The summed E-state index contributed by atoms with van der Waals surface area (Å²) >= 11 is 0. The summed E-state index contributed by atoms with van der Waals surface area (Å²) in [7, 11) is 0. The summed E-state index contributed by atoms with van der Waals surface area (Å²) < 4.78 is 0. The van der Waals surface area contributed by atoms with Crippen molar-refractivity contribution in [2.24, 2.45) is 5.92 Å². The average molecular weight is 208 g/mol. The van der Waals surface area contributed by atoms with Gasteiger partial charge in [-0.2, -0.15) is 0 Å². The minimum Gasteiger partial charge on any atom is -0.303 e. The fraction of sp³-hybridized carbons (Fsp3) is 0.846. The van der Waals surface area contributed by atoms with Crippen molar-refractivity contribution in [1.82, 2.24) is 10.2 Å². The molecule has 0 aromatic rings. The highest BCUT2D eigenvalue weighted by molar-refractivity contribution is 4.97. The van der Waals surface area contributed by atoms with E-state index in [2.05, 4.69) is 36.9 Å². The van der Waals surface area contributed by atoms with Gasteiger partial charge in [-0.1, -0.05) is 19.8 Å². The van der Waals surface area contributed by atoms with Gasteiger partial charge in [-0.25, -0.2) is 0 Å². The van der Waals surface area contributed by atoms with Gasteiger partial charge in [-0.3, -0.25) is 0 Å². The Balaban J connectivity index is 2.21. The minimum absolute atomic E-state index is 0.214. The van der Waals surface area contributed by atoms with Gasteiger partial charge >= 0.3 is 0 Å². The fourth-order valence-electron chi connectivity index (χ4n) is 2.20. The van der Waals surface area contributed by atoms with Gasteiger partial charge in [-0.15, -0.1) is 6.42 Å². The number of hydrogen-bond acceptors (Lipinski definition) is 2. The molecule has 1 rings (SSSR count). The number of likely N-dealkylation sites (tertiary alicyclic amines) is 1. The van der Waals surface area contributed by atoms with Crippen molar-refractivity contribution in [3.8, 4) is 12.3 Å². The summed E-state index contributed by atoms with van der Waals surface area (Å²) in [4.78, 5) is 2.56. The van der Waals surface area contributed by atoms with E-state index in [1.807, 2.05) is 0 Å². The molecule has 86 valence electrons. The van der Waals surface area contributed by atoms with Crippen molar-refractivity contribution in [2.75, 3.05) is 19.6 Å². The van der Waals surface area contributed by atoms with Crippen LogP contribution in [0.4, 0.5) is 0 Å². The number of piperidine rings is 1. The highest BCUT2D eigenvalue weighted by Gasteiger charge is 2.19. The molecule has 2 nitrogen and oxygen atoms in total. The van der Waals surface area contributed by atoms with E-state index in [0.29, 0.717) is 6.04 Å². The molecule has 1 aliphatic rings. The second-order valence-corrected chi connectivity index (χ2v) is 5.02. The lowest BCUT2D eigenvalue weighted by Crippen LogP contribution is -2.45. The molecule has 0 spiro atoms. The van der Waals surface area contributed by atoms with Gasteiger partial charge in [0.25, 0.3) is 0 Å². The molecule has 0 radical (unpaired) electrons. The molecule has 0 aromatic carbocycles. The third-order valence-corrected chi connectivity index (χ3v) is 2.95. The van der Waals surface area contributed by atoms with Crippen LogP contribution in [0.1, 0.15) is 33.6 Å². The third-order valence-electron chi connectivity index (χ3n) is 2.95. The number of terminal acetylenes is 1. The van der Waals surface area contributed by atoms with Gasteiger partial charge in [0.2, 0.25) is 0 Å². The first-order chi connectivity index (χ1) is 7.11. The smallest absolute Gasteiger partial charge is 0.0660 e. The summed E-state index contributed by atoms with van der Waals surface area (Å²) in [5, 5.41) is 3.48. The predicted molar refractivity (Wildman–Crippen MR) is 65.7 cm³/mol. The van der Waals surface area contributed by atoms with Gasteiger partial charge in [-0.05, 0) is 38.8 Å². The van der Waals surface area contributed by atoms with Crippen LogP contribution >= 0.6 is 0 Å². The molecule has 1 heterocycles. The van der Waals surface area contributed by atoms with Crippen LogP contribution in [-0.2, 0) is 0 Å². The highest BCUT2D eigenvalue weighted by Crippen LogP contribution is 2.12. The minimum atomic E-state index is 0.214. The maximum atomic E-state index is 5.36. The maximum absolute atomic E-state index is 5.36. The Morgan fingerprint density at radius 2 is 1.93 bits per heavy atom. The second kappa shape index (κ2) is 6.15. The van der Waals surface area contributed by atoms with E-state index in [0.717, 1.165) is 5.92 Å². The molecular formula is C13H24N2. The van der Waals surface area contributed by atoms with Crippen LogP contribution in [0.5, 0.6) is 0 Å². The lowest BCUT2D eigenvalue weighted by atomic mass is 10.0. The molecular weight excluding hydrogens is 184 g/mol. The molecule has 15 heavy (non-hydrogen) atoms. The summed E-state index contributed by atoms with van der Waals surface area (Å²) in [6, 6.07) is 0.839. The van der Waals surface area contributed by atoms with Crippen LogP contribution in [0.2, 0.25) is 0 Å². The first kappa shape index (κ1) is 12.5. The molecule has 1 fully saturated rings. The molecule has 2 heteroatoms. The zero-order valence-electron chi connectivity index (χ0n) is 10.3. The molecule has 1 aliphatic heterocycles.